The first-order valence-electron chi connectivity index (χ1n) is 6.08. The lowest BCUT2D eigenvalue weighted by atomic mass is 10.2. The Labute approximate surface area is 125 Å². The average molecular weight is 314 g/mol. The quantitative estimate of drug-likeness (QED) is 0.820. The third-order valence-corrected chi connectivity index (χ3v) is 5.29. The molecule has 1 heterocycles. The van der Waals surface area contributed by atoms with Gasteiger partial charge in [0.25, 0.3) is 0 Å². The van der Waals surface area contributed by atoms with Gasteiger partial charge in [0.15, 0.2) is 0 Å². The summed E-state index contributed by atoms with van der Waals surface area (Å²) < 4.78 is 12.1. The van der Waals surface area contributed by atoms with Crippen LogP contribution >= 0.6 is 22.9 Å². The molecule has 1 aromatic heterocycles. The van der Waals surface area contributed by atoms with Crippen LogP contribution in [0.5, 0.6) is 0 Å². The number of benzene rings is 1. The molecule has 1 atom stereocenters. The van der Waals surface area contributed by atoms with Gasteiger partial charge in [0, 0.05) is 32.9 Å². The zero-order chi connectivity index (χ0) is 13.8. The second-order valence-electron chi connectivity index (χ2n) is 4.69. The lowest BCUT2D eigenvalue weighted by Crippen LogP contribution is -2.00. The first kappa shape index (κ1) is 14.7. The second-order valence-corrected chi connectivity index (χ2v) is 7.47. The fraction of sp³-hybridized carbons (Fsp3) is 0.357. The van der Waals surface area contributed by atoms with Crippen LogP contribution < -0.4 is 0 Å². The van der Waals surface area contributed by atoms with Gasteiger partial charge in [-0.2, -0.15) is 0 Å². The van der Waals surface area contributed by atoms with E-state index < -0.39 is 10.8 Å². The van der Waals surface area contributed by atoms with Crippen molar-refractivity contribution in [3.8, 4) is 0 Å². The Morgan fingerprint density at radius 1 is 1.37 bits per heavy atom. The van der Waals surface area contributed by atoms with E-state index in [4.69, 9.17) is 11.6 Å². The summed E-state index contributed by atoms with van der Waals surface area (Å²) in [5.41, 5.74) is 1.93. The first-order valence-corrected chi connectivity index (χ1v) is 8.83. The number of hydrogen-bond acceptors (Lipinski definition) is 3. The topological polar surface area (TPSA) is 30.0 Å². The summed E-state index contributed by atoms with van der Waals surface area (Å²) in [5.74, 6) is 1.46. The Hall–Kier alpha value is -0.710. The van der Waals surface area contributed by atoms with E-state index in [2.05, 4.69) is 18.8 Å². The summed E-state index contributed by atoms with van der Waals surface area (Å²) in [6, 6.07) is 7.52. The molecule has 0 bridgehead atoms. The van der Waals surface area contributed by atoms with Crippen LogP contribution in [0.3, 0.4) is 0 Å². The first-order chi connectivity index (χ1) is 9.04. The third kappa shape index (κ3) is 4.41. The summed E-state index contributed by atoms with van der Waals surface area (Å²) in [7, 11) is -0.945. The summed E-state index contributed by atoms with van der Waals surface area (Å²) in [4.78, 5) is 4.51. The molecule has 0 spiro atoms. The minimum Gasteiger partial charge on any atom is -0.259 e. The van der Waals surface area contributed by atoms with E-state index in [9.17, 15) is 4.21 Å². The van der Waals surface area contributed by atoms with Crippen LogP contribution in [0.25, 0.3) is 0 Å². The van der Waals surface area contributed by atoms with Crippen LogP contribution in [-0.4, -0.2) is 9.19 Å². The van der Waals surface area contributed by atoms with Gasteiger partial charge in [0.05, 0.1) is 16.5 Å². The number of nitrogens with zero attached hydrogens (tertiary/aromatic N) is 1. The molecule has 0 radical (unpaired) electrons. The van der Waals surface area contributed by atoms with E-state index in [1.165, 1.54) is 0 Å². The van der Waals surface area contributed by atoms with Crippen molar-refractivity contribution in [2.75, 3.05) is 0 Å². The number of hydrogen-bond donors (Lipinski definition) is 0. The molecule has 0 fully saturated rings. The van der Waals surface area contributed by atoms with Crippen molar-refractivity contribution in [2.24, 2.45) is 0 Å². The van der Waals surface area contributed by atoms with Gasteiger partial charge in [0.1, 0.15) is 0 Å². The maximum absolute atomic E-state index is 12.1. The molecule has 0 N–H and O–H groups in total. The van der Waals surface area contributed by atoms with E-state index in [1.807, 2.05) is 29.6 Å². The number of thiazole rings is 1. The van der Waals surface area contributed by atoms with Crippen LogP contribution in [0.2, 0.25) is 5.02 Å². The minimum atomic E-state index is -0.945. The third-order valence-electron chi connectivity index (χ3n) is 2.59. The van der Waals surface area contributed by atoms with Gasteiger partial charge in [-0.15, -0.1) is 11.3 Å². The molecule has 2 nitrogen and oxygen atoms in total. The Bertz CT molecular complexity index is 580. The predicted octanol–water partition coefficient (Wildman–Crippen LogP) is 4.37. The molecule has 2 aromatic rings. The number of rotatable bonds is 5. The molecule has 0 saturated heterocycles. The molecule has 19 heavy (non-hydrogen) atoms. The van der Waals surface area contributed by atoms with Crippen molar-refractivity contribution in [3.05, 3.63) is 50.9 Å². The van der Waals surface area contributed by atoms with Gasteiger partial charge in [-0.05, 0) is 17.7 Å². The summed E-state index contributed by atoms with van der Waals surface area (Å²) in [6.07, 6.45) is 0. The molecule has 1 aromatic carbocycles. The van der Waals surface area contributed by atoms with Crippen LogP contribution in [0.4, 0.5) is 0 Å². The maximum Gasteiger partial charge on any atom is 0.0954 e. The highest BCUT2D eigenvalue weighted by molar-refractivity contribution is 7.83. The monoisotopic (exact) mass is 313 g/mol. The Kier molecular flexibility index (Phi) is 5.13. The van der Waals surface area contributed by atoms with Gasteiger partial charge in [-0.1, -0.05) is 37.6 Å². The van der Waals surface area contributed by atoms with Crippen molar-refractivity contribution in [3.63, 3.8) is 0 Å². The smallest absolute Gasteiger partial charge is 0.0954 e. The van der Waals surface area contributed by atoms with Gasteiger partial charge in [-0.25, -0.2) is 4.98 Å². The van der Waals surface area contributed by atoms with E-state index in [-0.39, 0.29) is 0 Å². The molecule has 0 aliphatic carbocycles. The highest BCUT2D eigenvalue weighted by atomic mass is 35.5. The zero-order valence-corrected chi connectivity index (χ0v) is 13.3. The van der Waals surface area contributed by atoms with Crippen molar-refractivity contribution >= 4 is 33.7 Å². The summed E-state index contributed by atoms with van der Waals surface area (Å²) >= 11 is 7.56. The predicted molar refractivity (Wildman–Crippen MR) is 83.2 cm³/mol. The molecular formula is C14H16ClNOS2. The molecule has 0 aliphatic rings. The zero-order valence-electron chi connectivity index (χ0n) is 10.9. The minimum absolute atomic E-state index is 0.431. The average Bonchev–Trinajstić information content (AvgIpc) is 2.77. The van der Waals surface area contributed by atoms with Crippen molar-refractivity contribution < 1.29 is 4.21 Å². The fourth-order valence-electron chi connectivity index (χ4n) is 1.68. The lowest BCUT2D eigenvalue weighted by Gasteiger charge is -2.02. The van der Waals surface area contributed by atoms with Crippen LogP contribution in [0.15, 0.2) is 29.6 Å². The number of aromatic nitrogens is 1. The van der Waals surface area contributed by atoms with Crippen LogP contribution in [0.1, 0.15) is 36.0 Å². The Balaban J connectivity index is 1.97. The largest absolute Gasteiger partial charge is 0.259 e. The van der Waals surface area contributed by atoms with E-state index >= 15 is 0 Å². The molecule has 5 heteroatoms. The SMILES string of the molecule is CC(C)c1nc(C[S@](=O)Cc2cccc(Cl)c2)cs1. The van der Waals surface area contributed by atoms with Gasteiger partial charge < -0.3 is 0 Å². The van der Waals surface area contributed by atoms with Crippen LogP contribution in [-0.2, 0) is 22.3 Å². The van der Waals surface area contributed by atoms with Crippen molar-refractivity contribution in [1.82, 2.24) is 4.98 Å². The second kappa shape index (κ2) is 6.64. The summed E-state index contributed by atoms with van der Waals surface area (Å²) in [5, 5.41) is 3.80. The standard InChI is InChI=1S/C14H16ClNOS2/c1-10(2)14-16-13(7-18-14)9-19(17)8-11-4-3-5-12(15)6-11/h3-7,10H,8-9H2,1-2H3/t19-/m1/s1. The van der Waals surface area contributed by atoms with E-state index in [0.717, 1.165) is 16.3 Å². The molecule has 0 aliphatic heterocycles. The van der Waals surface area contributed by atoms with Gasteiger partial charge >= 0.3 is 0 Å². The van der Waals surface area contributed by atoms with E-state index in [0.29, 0.717) is 22.4 Å². The van der Waals surface area contributed by atoms with Crippen LogP contribution in [0, 0.1) is 0 Å². The van der Waals surface area contributed by atoms with Gasteiger partial charge in [-0.3, -0.25) is 4.21 Å². The molecule has 102 valence electrons. The van der Waals surface area contributed by atoms with Gasteiger partial charge in [0.2, 0.25) is 0 Å². The molecular weight excluding hydrogens is 298 g/mol. The molecule has 0 amide bonds. The van der Waals surface area contributed by atoms with Crippen molar-refractivity contribution in [2.45, 2.75) is 31.3 Å². The molecule has 0 saturated carbocycles. The summed E-state index contributed by atoms with van der Waals surface area (Å²) in [6.45, 7) is 4.23. The number of halogens is 1. The maximum atomic E-state index is 12.1. The molecule has 2 rings (SSSR count). The Morgan fingerprint density at radius 3 is 2.79 bits per heavy atom. The van der Waals surface area contributed by atoms with Crippen molar-refractivity contribution in [1.29, 1.82) is 0 Å². The normalized spacial score (nSPS) is 12.8. The van der Waals surface area contributed by atoms with E-state index in [1.54, 1.807) is 11.3 Å². The highest BCUT2D eigenvalue weighted by Crippen LogP contribution is 2.20. The fourth-order valence-corrected chi connectivity index (χ4v) is 3.97. The molecule has 0 unspecified atom stereocenters. The Morgan fingerprint density at radius 2 is 2.16 bits per heavy atom. The lowest BCUT2D eigenvalue weighted by molar-refractivity contribution is 0.681. The highest BCUT2D eigenvalue weighted by Gasteiger charge is 2.09.